The number of pyridine rings is 1. The Morgan fingerprint density at radius 1 is 0.918 bits per heavy atom. The molecule has 0 radical (unpaired) electrons. The van der Waals surface area contributed by atoms with Gasteiger partial charge in [-0.2, -0.15) is 0 Å². The van der Waals surface area contributed by atoms with Crippen LogP contribution in [0.4, 0.5) is 25.7 Å². The van der Waals surface area contributed by atoms with Crippen molar-refractivity contribution in [2.45, 2.75) is 63.8 Å². The van der Waals surface area contributed by atoms with Crippen molar-refractivity contribution in [3.63, 3.8) is 0 Å². The van der Waals surface area contributed by atoms with Crippen LogP contribution >= 0.6 is 11.3 Å². The molecule has 5 amide bonds. The first-order valence-electron chi connectivity index (χ1n) is 21.0. The number of fused-ring (bicyclic) bond motifs is 2. The molecule has 2 N–H and O–H groups in total. The number of piperazine rings is 1. The summed E-state index contributed by atoms with van der Waals surface area (Å²) in [5.41, 5.74) is 6.30. The number of hydrogen-bond donors (Lipinski definition) is 2. The van der Waals surface area contributed by atoms with E-state index in [-0.39, 0.29) is 30.0 Å². The summed E-state index contributed by atoms with van der Waals surface area (Å²) in [6, 6.07) is 12.4. The number of aromatic nitrogens is 4. The van der Waals surface area contributed by atoms with Crippen LogP contribution in [0, 0.1) is 5.82 Å². The van der Waals surface area contributed by atoms with E-state index in [2.05, 4.69) is 52.4 Å². The number of amides is 5. The van der Waals surface area contributed by atoms with Gasteiger partial charge in [0, 0.05) is 112 Å². The molecule has 3 fully saturated rings. The summed E-state index contributed by atoms with van der Waals surface area (Å²) >= 11 is 1.29. The largest absolute Gasteiger partial charge is 0.371 e. The number of hydrogen-bond acceptors (Lipinski definition) is 11. The number of nitrogens with zero attached hydrogens (tertiary/aromatic N) is 9. The van der Waals surface area contributed by atoms with Crippen LogP contribution in [-0.4, -0.2) is 110 Å². The molecule has 61 heavy (non-hydrogen) atoms. The zero-order valence-electron chi connectivity index (χ0n) is 33.6. The van der Waals surface area contributed by atoms with Crippen molar-refractivity contribution in [2.24, 2.45) is 0 Å². The van der Waals surface area contributed by atoms with E-state index in [1.807, 2.05) is 22.8 Å². The molecule has 5 aliphatic rings. The molecule has 10 rings (SSSR count). The van der Waals surface area contributed by atoms with Gasteiger partial charge in [-0.3, -0.25) is 44.7 Å². The number of halogens is 1. The standard InChI is InChI=1S/C44H46FN11O4S/c45-35-23-30(22-33-34(35)26-56(42(33)59)40(41(58)50-43-47-12-21-61-43)39-36-2-1-13-54(36)27-48-39)28-3-5-31(6-4-28)52-14-8-32(9-15-52)53-19-17-51(18-20-53)25-29-7-11-46-24-37(29)55-16-10-38(57)49-44(55)60/h3-7,11-12,21-24,27,32,40H,1-2,8-10,13-20,25-26H2,(H,47,50,58)(H,49,57,60). The lowest BCUT2D eigenvalue weighted by molar-refractivity contribution is -0.121. The number of carbonyl (C=O) groups excluding carboxylic acids is 4. The van der Waals surface area contributed by atoms with Crippen LogP contribution in [0.25, 0.3) is 11.1 Å². The second-order valence-electron chi connectivity index (χ2n) is 16.4. The number of anilines is 3. The summed E-state index contributed by atoms with van der Waals surface area (Å²) in [7, 11) is 0. The fourth-order valence-corrected chi connectivity index (χ4v) is 10.2. The SMILES string of the molecule is O=C1CCN(c2cnccc2CN2CCN(C3CCN(c4ccc(-c5cc(F)c6c(c5)C(=O)N(C(C(=O)Nc5nccs5)c5ncn7c5CCC7)C6)cc4)CC3)CC2)C(=O)N1. The maximum Gasteiger partial charge on any atom is 0.328 e. The van der Waals surface area contributed by atoms with Crippen LogP contribution in [0.2, 0.25) is 0 Å². The van der Waals surface area contributed by atoms with Crippen molar-refractivity contribution in [3.05, 3.63) is 107 Å². The molecule has 8 heterocycles. The fourth-order valence-electron chi connectivity index (χ4n) is 9.63. The fraction of sp³-hybridized carbons (Fsp3) is 0.386. The van der Waals surface area contributed by atoms with Crippen molar-refractivity contribution in [3.8, 4) is 11.1 Å². The van der Waals surface area contributed by atoms with Gasteiger partial charge in [-0.1, -0.05) is 12.1 Å². The highest BCUT2D eigenvalue weighted by atomic mass is 32.1. The number of imide groups is 1. The van der Waals surface area contributed by atoms with E-state index >= 15 is 4.39 Å². The predicted molar refractivity (Wildman–Crippen MR) is 228 cm³/mol. The predicted octanol–water partition coefficient (Wildman–Crippen LogP) is 5.06. The number of piperidine rings is 1. The van der Waals surface area contributed by atoms with Gasteiger partial charge in [0.1, 0.15) is 5.82 Å². The topological polar surface area (TPSA) is 152 Å². The van der Waals surface area contributed by atoms with Crippen molar-refractivity contribution in [2.75, 3.05) is 60.9 Å². The molecule has 1 atom stereocenters. The molecule has 0 spiro atoms. The van der Waals surface area contributed by atoms with Gasteiger partial charge in [-0.05, 0) is 72.7 Å². The molecular weight excluding hydrogens is 798 g/mol. The van der Waals surface area contributed by atoms with Crippen molar-refractivity contribution < 1.29 is 23.6 Å². The number of carbonyl (C=O) groups is 4. The summed E-state index contributed by atoms with van der Waals surface area (Å²) in [6.45, 7) is 7.50. The lowest BCUT2D eigenvalue weighted by Gasteiger charge is -2.43. The van der Waals surface area contributed by atoms with Crippen molar-refractivity contribution >= 4 is 51.6 Å². The maximum absolute atomic E-state index is 16.0. The highest BCUT2D eigenvalue weighted by Gasteiger charge is 2.42. The summed E-state index contributed by atoms with van der Waals surface area (Å²) in [6.07, 6.45) is 10.9. The number of benzene rings is 2. The average Bonchev–Trinajstić information content (AvgIpc) is 4.10. The molecule has 3 aromatic heterocycles. The quantitative estimate of drug-likeness (QED) is 0.195. The molecule has 1 unspecified atom stereocenters. The van der Waals surface area contributed by atoms with Crippen molar-refractivity contribution in [1.82, 2.24) is 39.5 Å². The van der Waals surface area contributed by atoms with E-state index in [4.69, 9.17) is 0 Å². The van der Waals surface area contributed by atoms with Crippen LogP contribution in [0.15, 0.2) is 72.8 Å². The van der Waals surface area contributed by atoms with Crippen LogP contribution in [0.3, 0.4) is 0 Å². The molecular formula is C44H46FN11O4S. The Morgan fingerprint density at radius 2 is 1.74 bits per heavy atom. The molecule has 2 aromatic carbocycles. The summed E-state index contributed by atoms with van der Waals surface area (Å²) in [5.74, 6) is -1.55. The monoisotopic (exact) mass is 843 g/mol. The number of rotatable bonds is 10. The highest BCUT2D eigenvalue weighted by Crippen LogP contribution is 2.38. The summed E-state index contributed by atoms with van der Waals surface area (Å²) in [4.78, 5) is 75.8. The molecule has 5 aliphatic heterocycles. The van der Waals surface area contributed by atoms with Crippen LogP contribution < -0.4 is 20.4 Å². The Morgan fingerprint density at radius 3 is 2.51 bits per heavy atom. The van der Waals surface area contributed by atoms with Crippen molar-refractivity contribution in [1.29, 1.82) is 0 Å². The summed E-state index contributed by atoms with van der Waals surface area (Å²) in [5, 5.41) is 7.46. The van der Waals surface area contributed by atoms with E-state index in [0.717, 1.165) is 99.7 Å². The first-order valence-corrected chi connectivity index (χ1v) is 21.9. The molecule has 0 saturated carbocycles. The smallest absolute Gasteiger partial charge is 0.328 e. The molecule has 15 nitrogen and oxygen atoms in total. The third kappa shape index (κ3) is 7.65. The third-order valence-corrected chi connectivity index (χ3v) is 13.6. The first kappa shape index (κ1) is 39.1. The Hall–Kier alpha value is -6.04. The van der Waals surface area contributed by atoms with Crippen LogP contribution in [0.5, 0.6) is 0 Å². The minimum Gasteiger partial charge on any atom is -0.371 e. The minimum absolute atomic E-state index is 0.0372. The number of imidazole rings is 1. The second-order valence-corrected chi connectivity index (χ2v) is 17.3. The minimum atomic E-state index is -1.04. The van der Waals surface area contributed by atoms with Gasteiger partial charge in [0.15, 0.2) is 11.2 Å². The van der Waals surface area contributed by atoms with Gasteiger partial charge in [0.25, 0.3) is 11.8 Å². The molecule has 5 aromatic rings. The lowest BCUT2D eigenvalue weighted by Crippen LogP contribution is -2.53. The zero-order valence-corrected chi connectivity index (χ0v) is 34.5. The van der Waals surface area contributed by atoms with E-state index in [9.17, 15) is 19.2 Å². The van der Waals surface area contributed by atoms with Gasteiger partial charge in [-0.15, -0.1) is 11.3 Å². The number of urea groups is 1. The van der Waals surface area contributed by atoms with Gasteiger partial charge in [0.05, 0.1) is 30.5 Å². The van der Waals surface area contributed by atoms with Crippen LogP contribution in [-0.2, 0) is 35.6 Å². The van der Waals surface area contributed by atoms with E-state index < -0.39 is 29.7 Å². The van der Waals surface area contributed by atoms with Gasteiger partial charge >= 0.3 is 6.03 Å². The third-order valence-electron chi connectivity index (χ3n) is 12.9. The Kier molecular flexibility index (Phi) is 10.5. The van der Waals surface area contributed by atoms with Gasteiger partial charge in [-0.25, -0.2) is 19.2 Å². The molecule has 0 aliphatic carbocycles. The summed E-state index contributed by atoms with van der Waals surface area (Å²) < 4.78 is 18.0. The molecule has 0 bridgehead atoms. The lowest BCUT2D eigenvalue weighted by atomic mass is 9.98. The Balaban J connectivity index is 0.761. The Labute approximate surface area is 356 Å². The normalized spacial score (nSPS) is 19.3. The van der Waals surface area contributed by atoms with Gasteiger partial charge < -0.3 is 14.4 Å². The maximum atomic E-state index is 16.0. The Bertz CT molecular complexity index is 2480. The van der Waals surface area contributed by atoms with Gasteiger partial charge in [0.2, 0.25) is 5.91 Å². The first-order chi connectivity index (χ1) is 29.8. The van der Waals surface area contributed by atoms with Crippen LogP contribution in [0.1, 0.15) is 64.6 Å². The molecule has 17 heteroatoms. The molecule has 314 valence electrons. The average molecular weight is 844 g/mol. The second kappa shape index (κ2) is 16.4. The zero-order chi connectivity index (χ0) is 41.6. The van der Waals surface area contributed by atoms with E-state index in [1.54, 1.807) is 41.3 Å². The molecule has 3 saturated heterocycles. The number of nitrogens with one attached hydrogen (secondary N) is 2. The van der Waals surface area contributed by atoms with E-state index in [0.29, 0.717) is 35.5 Å². The number of aryl methyl sites for hydroxylation is 1. The van der Waals surface area contributed by atoms with E-state index in [1.165, 1.54) is 22.3 Å². The highest BCUT2D eigenvalue weighted by molar-refractivity contribution is 7.13. The number of thiazole rings is 1.